The average molecular weight is 390 g/mol. The summed E-state index contributed by atoms with van der Waals surface area (Å²) in [5, 5.41) is 0. The van der Waals surface area contributed by atoms with Gasteiger partial charge in [-0.05, 0) is 61.5 Å². The third-order valence-corrected chi connectivity index (χ3v) is 6.36. The summed E-state index contributed by atoms with van der Waals surface area (Å²) in [7, 11) is -2.07. The summed E-state index contributed by atoms with van der Waals surface area (Å²) in [4.78, 5) is 4.98. The number of sulfonamides is 1. The number of piperazine rings is 1. The van der Waals surface area contributed by atoms with Crippen molar-refractivity contribution in [2.75, 3.05) is 49.5 Å². The summed E-state index contributed by atoms with van der Waals surface area (Å²) in [6, 6.07) is 12.4. The second-order valence-electron chi connectivity index (χ2n) is 6.71. The third kappa shape index (κ3) is 4.54. The lowest BCUT2D eigenvalue weighted by atomic mass is 10.2. The summed E-state index contributed by atoms with van der Waals surface area (Å²) in [6.45, 7) is 9.18. The molecule has 2 aromatic rings. The molecule has 146 valence electrons. The van der Waals surface area contributed by atoms with Crippen molar-refractivity contribution in [2.45, 2.75) is 18.7 Å². The predicted molar refractivity (Wildman–Crippen MR) is 109 cm³/mol. The molecular formula is C20H27N3O3S. The third-order valence-electron chi connectivity index (χ3n) is 4.98. The van der Waals surface area contributed by atoms with Gasteiger partial charge in [0.25, 0.3) is 10.0 Å². The normalized spacial score (nSPS) is 15.6. The van der Waals surface area contributed by atoms with Gasteiger partial charge in [-0.15, -0.1) is 0 Å². The summed E-state index contributed by atoms with van der Waals surface area (Å²) < 4.78 is 33.1. The van der Waals surface area contributed by atoms with Crippen LogP contribution in [0.15, 0.2) is 47.4 Å². The van der Waals surface area contributed by atoms with E-state index in [1.54, 1.807) is 25.3 Å². The Morgan fingerprint density at radius 3 is 2.26 bits per heavy atom. The van der Waals surface area contributed by atoms with Crippen LogP contribution in [-0.4, -0.2) is 53.2 Å². The highest BCUT2D eigenvalue weighted by Crippen LogP contribution is 2.24. The number of benzene rings is 2. The molecular weight excluding hydrogens is 362 g/mol. The van der Waals surface area contributed by atoms with Gasteiger partial charge in [0.2, 0.25) is 0 Å². The molecule has 0 saturated carbocycles. The Bertz CT molecular complexity index is 874. The van der Waals surface area contributed by atoms with Crippen molar-refractivity contribution in [3.63, 3.8) is 0 Å². The van der Waals surface area contributed by atoms with E-state index in [9.17, 15) is 8.42 Å². The van der Waals surface area contributed by atoms with E-state index in [-0.39, 0.29) is 4.90 Å². The van der Waals surface area contributed by atoms with Gasteiger partial charge in [0.05, 0.1) is 12.0 Å². The smallest absolute Gasteiger partial charge is 0.261 e. The van der Waals surface area contributed by atoms with E-state index >= 15 is 0 Å². The van der Waals surface area contributed by atoms with Crippen molar-refractivity contribution < 1.29 is 13.2 Å². The largest absolute Gasteiger partial charge is 0.496 e. The molecule has 1 fully saturated rings. The molecule has 2 aromatic carbocycles. The Morgan fingerprint density at radius 1 is 1.04 bits per heavy atom. The number of nitrogens with zero attached hydrogens (tertiary/aromatic N) is 2. The van der Waals surface area contributed by atoms with Gasteiger partial charge in [0, 0.05) is 37.6 Å². The van der Waals surface area contributed by atoms with Crippen LogP contribution < -0.4 is 14.4 Å². The molecule has 6 nitrogen and oxygen atoms in total. The van der Waals surface area contributed by atoms with Gasteiger partial charge in [-0.1, -0.05) is 6.92 Å². The van der Waals surface area contributed by atoms with Crippen LogP contribution in [0.3, 0.4) is 0 Å². The van der Waals surface area contributed by atoms with Gasteiger partial charge in [-0.3, -0.25) is 4.72 Å². The van der Waals surface area contributed by atoms with E-state index in [0.717, 1.165) is 44.0 Å². The zero-order valence-corrected chi connectivity index (χ0v) is 16.9. The van der Waals surface area contributed by atoms with Crippen LogP contribution in [0.4, 0.5) is 11.4 Å². The highest BCUT2D eigenvalue weighted by atomic mass is 32.2. The fraction of sp³-hybridized carbons (Fsp3) is 0.400. The Balaban J connectivity index is 1.69. The summed E-state index contributed by atoms with van der Waals surface area (Å²) in [6.07, 6.45) is 0. The maximum absolute atomic E-state index is 12.6. The second-order valence-corrected chi connectivity index (χ2v) is 8.39. The molecule has 0 spiro atoms. The molecule has 7 heteroatoms. The van der Waals surface area contributed by atoms with Gasteiger partial charge in [-0.25, -0.2) is 8.42 Å². The van der Waals surface area contributed by atoms with Crippen molar-refractivity contribution in [1.82, 2.24) is 4.90 Å². The van der Waals surface area contributed by atoms with Gasteiger partial charge in [-0.2, -0.15) is 0 Å². The maximum atomic E-state index is 12.6. The Labute approximate surface area is 161 Å². The minimum atomic E-state index is -3.64. The SMILES string of the molecule is CCN1CCN(c2ccc(NS(=O)(=O)c3ccc(OC)c(C)c3)cc2)CC1. The Kier molecular flexibility index (Phi) is 5.92. The number of methoxy groups -OCH3 is 1. The first-order chi connectivity index (χ1) is 12.9. The molecule has 0 radical (unpaired) electrons. The van der Waals surface area contributed by atoms with E-state index in [1.807, 2.05) is 31.2 Å². The van der Waals surface area contributed by atoms with Crippen molar-refractivity contribution in [3.8, 4) is 5.75 Å². The molecule has 3 rings (SSSR count). The lowest BCUT2D eigenvalue weighted by Gasteiger charge is -2.35. The Hall–Kier alpha value is -2.25. The number of ether oxygens (including phenoxy) is 1. The topological polar surface area (TPSA) is 61.9 Å². The van der Waals surface area contributed by atoms with Gasteiger partial charge >= 0.3 is 0 Å². The predicted octanol–water partition coefficient (Wildman–Crippen LogP) is 2.95. The van der Waals surface area contributed by atoms with Crippen molar-refractivity contribution in [2.24, 2.45) is 0 Å². The monoisotopic (exact) mass is 389 g/mol. The van der Waals surface area contributed by atoms with Crippen LogP contribution in [0.1, 0.15) is 12.5 Å². The number of nitrogens with one attached hydrogen (secondary N) is 1. The zero-order valence-electron chi connectivity index (χ0n) is 16.1. The van der Waals surface area contributed by atoms with Gasteiger partial charge in [0.15, 0.2) is 0 Å². The van der Waals surface area contributed by atoms with Gasteiger partial charge in [0.1, 0.15) is 5.75 Å². The molecule has 0 aliphatic carbocycles. The van der Waals surface area contributed by atoms with Crippen molar-refractivity contribution in [1.29, 1.82) is 0 Å². The highest BCUT2D eigenvalue weighted by molar-refractivity contribution is 7.92. The van der Waals surface area contributed by atoms with Crippen LogP contribution in [-0.2, 0) is 10.0 Å². The molecule has 1 saturated heterocycles. The summed E-state index contributed by atoms with van der Waals surface area (Å²) >= 11 is 0. The molecule has 27 heavy (non-hydrogen) atoms. The molecule has 1 heterocycles. The highest BCUT2D eigenvalue weighted by Gasteiger charge is 2.18. The maximum Gasteiger partial charge on any atom is 0.261 e. The van der Waals surface area contributed by atoms with Crippen LogP contribution >= 0.6 is 0 Å². The average Bonchev–Trinajstić information content (AvgIpc) is 2.68. The molecule has 0 amide bonds. The van der Waals surface area contributed by atoms with Gasteiger partial charge < -0.3 is 14.5 Å². The molecule has 0 unspecified atom stereocenters. The van der Waals surface area contributed by atoms with Crippen molar-refractivity contribution in [3.05, 3.63) is 48.0 Å². The number of likely N-dealkylation sites (N-methyl/N-ethyl adjacent to an activating group) is 1. The lowest BCUT2D eigenvalue weighted by Crippen LogP contribution is -2.46. The Morgan fingerprint density at radius 2 is 1.70 bits per heavy atom. The van der Waals surface area contributed by atoms with E-state index in [4.69, 9.17) is 4.74 Å². The first-order valence-corrected chi connectivity index (χ1v) is 10.7. The molecule has 0 atom stereocenters. The van der Waals surface area contributed by atoms with E-state index in [1.165, 1.54) is 0 Å². The fourth-order valence-electron chi connectivity index (χ4n) is 3.29. The summed E-state index contributed by atoms with van der Waals surface area (Å²) in [5.74, 6) is 0.668. The first-order valence-electron chi connectivity index (χ1n) is 9.18. The van der Waals surface area contributed by atoms with E-state index < -0.39 is 10.0 Å². The molecule has 0 aromatic heterocycles. The number of rotatable bonds is 6. The molecule has 1 N–H and O–H groups in total. The van der Waals surface area contributed by atoms with Crippen LogP contribution in [0.5, 0.6) is 5.75 Å². The van der Waals surface area contributed by atoms with E-state index in [0.29, 0.717) is 11.4 Å². The lowest BCUT2D eigenvalue weighted by molar-refractivity contribution is 0.271. The standard InChI is InChI=1S/C20H27N3O3S/c1-4-22-11-13-23(14-12-22)18-7-5-17(6-8-18)21-27(24,25)19-9-10-20(26-3)16(2)15-19/h5-10,15,21H,4,11-14H2,1-3H3. The quantitative estimate of drug-likeness (QED) is 0.823. The zero-order chi connectivity index (χ0) is 19.4. The number of hydrogen-bond donors (Lipinski definition) is 1. The molecule has 1 aliphatic heterocycles. The molecule has 0 bridgehead atoms. The van der Waals surface area contributed by atoms with Crippen LogP contribution in [0.2, 0.25) is 0 Å². The minimum Gasteiger partial charge on any atom is -0.496 e. The van der Waals surface area contributed by atoms with Crippen LogP contribution in [0.25, 0.3) is 0 Å². The number of anilines is 2. The summed E-state index contributed by atoms with van der Waals surface area (Å²) in [5.41, 5.74) is 2.45. The minimum absolute atomic E-state index is 0.223. The fourth-order valence-corrected chi connectivity index (χ4v) is 4.44. The van der Waals surface area contributed by atoms with E-state index in [2.05, 4.69) is 21.4 Å². The molecule has 1 aliphatic rings. The second kappa shape index (κ2) is 8.19. The first kappa shape index (κ1) is 19.5. The van der Waals surface area contributed by atoms with Crippen LogP contribution in [0, 0.1) is 6.92 Å². The number of hydrogen-bond acceptors (Lipinski definition) is 5. The number of aryl methyl sites for hydroxylation is 1. The van der Waals surface area contributed by atoms with Crippen molar-refractivity contribution >= 4 is 21.4 Å².